The fraction of sp³-hybridized carbons (Fsp3) is 0.0250. The first-order chi connectivity index (χ1) is 22.6. The van der Waals surface area contributed by atoms with Gasteiger partial charge in [-0.1, -0.05) is 143 Å². The number of aliphatic hydroxyl groups is 1. The maximum Gasteiger partial charge on any atom is 0.238 e. The van der Waals surface area contributed by atoms with Crippen LogP contribution in [-0.4, -0.2) is 20.1 Å². The molecule has 1 aromatic heterocycles. The largest absolute Gasteiger partial charge is 0.376 e. The molecule has 8 rings (SSSR count). The molecule has 1 aliphatic carbocycles. The Bertz CT molecular complexity index is 2130. The summed E-state index contributed by atoms with van der Waals surface area (Å²) in [4.78, 5) is 17.1. The van der Waals surface area contributed by atoms with Crippen molar-refractivity contribution in [1.82, 2.24) is 15.0 Å². The summed E-state index contributed by atoms with van der Waals surface area (Å²) in [6.07, 6.45) is 0. The summed E-state index contributed by atoms with van der Waals surface area (Å²) < 4.78 is 0.896. The number of hydrogen-bond acceptors (Lipinski definition) is 5. The fourth-order valence-electron chi connectivity index (χ4n) is 6.33. The molecule has 1 N–H and O–H groups in total. The van der Waals surface area contributed by atoms with E-state index in [1.807, 2.05) is 150 Å². The number of hydrogen-bond donors (Lipinski definition) is 1. The molecule has 220 valence electrons. The summed E-state index contributed by atoms with van der Waals surface area (Å²) in [6.45, 7) is 0. The van der Waals surface area contributed by atoms with Crippen LogP contribution in [-0.2, 0) is 5.60 Å². The number of benzene rings is 6. The van der Waals surface area contributed by atoms with Crippen LogP contribution in [0.3, 0.4) is 0 Å². The second-order valence-corrected chi connectivity index (χ2v) is 12.1. The van der Waals surface area contributed by atoms with Crippen LogP contribution in [0.4, 0.5) is 17.3 Å². The molecular formula is C40H27BrN4O. The monoisotopic (exact) mass is 658 g/mol. The zero-order chi connectivity index (χ0) is 31.1. The summed E-state index contributed by atoms with van der Waals surface area (Å²) >= 11 is 3.67. The van der Waals surface area contributed by atoms with Crippen LogP contribution >= 0.6 is 15.9 Å². The van der Waals surface area contributed by atoms with E-state index in [2.05, 4.69) is 28.1 Å². The van der Waals surface area contributed by atoms with Gasteiger partial charge in [-0.3, -0.25) is 4.90 Å². The Kier molecular flexibility index (Phi) is 7.01. The van der Waals surface area contributed by atoms with Gasteiger partial charge in [0.05, 0.1) is 5.69 Å². The van der Waals surface area contributed by atoms with Gasteiger partial charge in [0.25, 0.3) is 0 Å². The Labute approximate surface area is 275 Å². The summed E-state index contributed by atoms with van der Waals surface area (Å²) in [6, 6.07) is 52.1. The van der Waals surface area contributed by atoms with Crippen molar-refractivity contribution in [2.75, 3.05) is 4.90 Å². The Hall–Kier alpha value is -5.43. The molecule has 0 saturated heterocycles. The summed E-state index contributed by atoms with van der Waals surface area (Å²) in [5, 5.41) is 13.1. The van der Waals surface area contributed by atoms with Crippen LogP contribution in [0.1, 0.15) is 16.7 Å². The lowest BCUT2D eigenvalue weighted by molar-refractivity contribution is 0.131. The summed E-state index contributed by atoms with van der Waals surface area (Å²) in [7, 11) is 0. The fourth-order valence-corrected chi connectivity index (χ4v) is 6.69. The quantitative estimate of drug-likeness (QED) is 0.193. The van der Waals surface area contributed by atoms with E-state index in [0.29, 0.717) is 23.2 Å². The smallest absolute Gasteiger partial charge is 0.238 e. The first kappa shape index (κ1) is 28.1. The van der Waals surface area contributed by atoms with Crippen LogP contribution in [0.15, 0.2) is 162 Å². The summed E-state index contributed by atoms with van der Waals surface area (Å²) in [5.74, 6) is 1.56. The molecular weight excluding hydrogens is 632 g/mol. The lowest BCUT2D eigenvalue weighted by Gasteiger charge is -2.33. The molecule has 0 fully saturated rings. The van der Waals surface area contributed by atoms with Crippen molar-refractivity contribution >= 4 is 33.3 Å². The van der Waals surface area contributed by atoms with Gasteiger partial charge < -0.3 is 5.11 Å². The van der Waals surface area contributed by atoms with Gasteiger partial charge in [-0.15, -0.1) is 0 Å². The van der Waals surface area contributed by atoms with E-state index >= 15 is 0 Å². The molecule has 1 atom stereocenters. The first-order valence-electron chi connectivity index (χ1n) is 15.0. The highest BCUT2D eigenvalue weighted by atomic mass is 79.9. The minimum Gasteiger partial charge on any atom is -0.376 e. The summed E-state index contributed by atoms with van der Waals surface area (Å²) in [5.41, 5.74) is 6.28. The number of nitrogens with zero attached hydrogens (tertiary/aromatic N) is 4. The van der Waals surface area contributed by atoms with E-state index in [9.17, 15) is 5.11 Å². The van der Waals surface area contributed by atoms with Gasteiger partial charge in [0.2, 0.25) is 5.95 Å². The van der Waals surface area contributed by atoms with Crippen LogP contribution in [0.25, 0.3) is 33.9 Å². The molecule has 46 heavy (non-hydrogen) atoms. The predicted molar refractivity (Wildman–Crippen MR) is 187 cm³/mol. The number of rotatable bonds is 6. The van der Waals surface area contributed by atoms with Crippen molar-refractivity contribution in [3.8, 4) is 33.9 Å². The minimum absolute atomic E-state index is 0.440. The Morgan fingerprint density at radius 2 is 1.02 bits per heavy atom. The number of fused-ring (bicyclic) bond motifs is 3. The Balaban J connectivity index is 1.41. The maximum atomic E-state index is 13.1. The van der Waals surface area contributed by atoms with Crippen molar-refractivity contribution in [1.29, 1.82) is 0 Å². The van der Waals surface area contributed by atoms with Crippen molar-refractivity contribution < 1.29 is 5.11 Å². The third-order valence-corrected chi connectivity index (χ3v) is 8.91. The number of para-hydroxylation sites is 2. The highest BCUT2D eigenvalue weighted by Gasteiger charge is 2.45. The van der Waals surface area contributed by atoms with Crippen molar-refractivity contribution in [2.24, 2.45) is 0 Å². The minimum atomic E-state index is -1.45. The normalized spacial score (nSPS) is 14.8. The predicted octanol–water partition coefficient (Wildman–Crippen LogP) is 9.70. The highest BCUT2D eigenvalue weighted by molar-refractivity contribution is 9.10. The molecule has 0 radical (unpaired) electrons. The van der Waals surface area contributed by atoms with Gasteiger partial charge >= 0.3 is 0 Å². The van der Waals surface area contributed by atoms with E-state index in [4.69, 9.17) is 15.0 Å². The van der Waals surface area contributed by atoms with Gasteiger partial charge in [-0.05, 0) is 41.5 Å². The van der Waals surface area contributed by atoms with E-state index in [1.54, 1.807) is 0 Å². The van der Waals surface area contributed by atoms with Crippen LogP contribution in [0.2, 0.25) is 0 Å². The molecule has 6 aromatic carbocycles. The molecule has 1 aliphatic rings. The van der Waals surface area contributed by atoms with E-state index in [0.717, 1.165) is 49.2 Å². The molecule has 5 nitrogen and oxygen atoms in total. The number of halogens is 1. The zero-order valence-corrected chi connectivity index (χ0v) is 26.2. The van der Waals surface area contributed by atoms with Gasteiger partial charge in [-0.2, -0.15) is 9.97 Å². The second kappa shape index (κ2) is 11.5. The van der Waals surface area contributed by atoms with Gasteiger partial charge in [0, 0.05) is 38.0 Å². The molecule has 1 heterocycles. The van der Waals surface area contributed by atoms with Gasteiger partial charge in [0.15, 0.2) is 11.6 Å². The molecule has 0 spiro atoms. The zero-order valence-electron chi connectivity index (χ0n) is 24.6. The molecule has 6 heteroatoms. The van der Waals surface area contributed by atoms with Crippen molar-refractivity contribution in [3.63, 3.8) is 0 Å². The van der Waals surface area contributed by atoms with Crippen molar-refractivity contribution in [2.45, 2.75) is 5.60 Å². The van der Waals surface area contributed by atoms with Crippen molar-refractivity contribution in [3.05, 3.63) is 179 Å². The first-order valence-corrected chi connectivity index (χ1v) is 15.8. The molecule has 0 bridgehead atoms. The molecule has 7 aromatic rings. The van der Waals surface area contributed by atoms with Crippen LogP contribution in [0, 0.1) is 0 Å². The Morgan fingerprint density at radius 3 is 1.67 bits per heavy atom. The molecule has 0 saturated carbocycles. The lowest BCUT2D eigenvalue weighted by atomic mass is 9.83. The average Bonchev–Trinajstić information content (AvgIpc) is 3.37. The Morgan fingerprint density at radius 1 is 0.500 bits per heavy atom. The van der Waals surface area contributed by atoms with E-state index in [-0.39, 0.29) is 0 Å². The third kappa shape index (κ3) is 4.70. The number of anilines is 3. The maximum absolute atomic E-state index is 13.1. The van der Waals surface area contributed by atoms with Gasteiger partial charge in [0.1, 0.15) is 5.60 Å². The molecule has 0 aliphatic heterocycles. The van der Waals surface area contributed by atoms with Crippen LogP contribution in [0.5, 0.6) is 0 Å². The second-order valence-electron chi connectivity index (χ2n) is 11.1. The third-order valence-electron chi connectivity index (χ3n) is 8.42. The molecule has 0 amide bonds. The number of aromatic nitrogens is 3. The standard InChI is InChI=1S/C40H27BrN4O/c41-29-24-25-32-31-20-10-11-21-33(31)40(46,35(32)26-29)34-22-12-13-23-36(34)45(30-18-8-3-9-19-30)39-43-37(27-14-4-1-5-15-27)42-38(44-39)28-16-6-2-7-17-28/h1-26,46H. The van der Waals surface area contributed by atoms with Crippen LogP contribution < -0.4 is 4.90 Å². The highest BCUT2D eigenvalue weighted by Crippen LogP contribution is 2.54. The lowest BCUT2D eigenvalue weighted by Crippen LogP contribution is -2.29. The molecule has 1 unspecified atom stereocenters. The average molecular weight is 660 g/mol. The van der Waals surface area contributed by atoms with E-state index in [1.165, 1.54) is 0 Å². The van der Waals surface area contributed by atoms with E-state index < -0.39 is 5.60 Å². The topological polar surface area (TPSA) is 62.1 Å². The van der Waals surface area contributed by atoms with Gasteiger partial charge in [-0.25, -0.2) is 4.98 Å². The SMILES string of the molecule is OC1(c2ccccc2N(c2ccccc2)c2nc(-c3ccccc3)nc(-c3ccccc3)n2)c2ccccc2-c2ccc(Br)cc21.